The molecule has 1 aromatic carbocycles. The van der Waals surface area contributed by atoms with Crippen LogP contribution in [0.1, 0.15) is 16.3 Å². The standard InChI is InChI=1S/C19H19ClN4O5/c20-13-7-12(15(25)8-16(13)26)18-14(9-21-22-18)24-5-3-23(4-6-24)10-11-1-2-17(29-11)19(27)28/h1-2,7-9,25-26H,3-6,10H2,(H,21,22)(H,27,28). The summed E-state index contributed by atoms with van der Waals surface area (Å²) in [7, 11) is 0. The molecule has 10 heteroatoms. The predicted octanol–water partition coefficient (Wildman–Crippen LogP) is 2.75. The van der Waals surface area contributed by atoms with E-state index in [1.54, 1.807) is 12.3 Å². The highest BCUT2D eigenvalue weighted by atomic mass is 35.5. The van der Waals surface area contributed by atoms with Crippen LogP contribution in [-0.2, 0) is 6.54 Å². The zero-order chi connectivity index (χ0) is 20.5. The maximum absolute atomic E-state index is 10.9. The summed E-state index contributed by atoms with van der Waals surface area (Å²) in [5.74, 6) is -0.822. The normalized spacial score (nSPS) is 15.0. The molecule has 0 amide bonds. The number of aromatic hydroxyl groups is 2. The number of hydrogen-bond acceptors (Lipinski definition) is 7. The minimum absolute atomic E-state index is 0.0611. The van der Waals surface area contributed by atoms with Gasteiger partial charge in [-0.3, -0.25) is 10.00 Å². The number of carboxylic acid groups (broad SMARTS) is 1. The first-order valence-electron chi connectivity index (χ1n) is 8.97. The monoisotopic (exact) mass is 418 g/mol. The number of aromatic amines is 1. The molecular weight excluding hydrogens is 400 g/mol. The van der Waals surface area contributed by atoms with Gasteiger partial charge in [-0.15, -0.1) is 0 Å². The fraction of sp³-hybridized carbons (Fsp3) is 0.263. The van der Waals surface area contributed by atoms with Gasteiger partial charge < -0.3 is 24.6 Å². The van der Waals surface area contributed by atoms with Gasteiger partial charge in [-0.25, -0.2) is 4.79 Å². The molecule has 1 fully saturated rings. The number of halogens is 1. The molecule has 0 unspecified atom stereocenters. The second-order valence-electron chi connectivity index (χ2n) is 6.77. The predicted molar refractivity (Wildman–Crippen MR) is 106 cm³/mol. The van der Waals surface area contributed by atoms with E-state index in [1.807, 2.05) is 0 Å². The Kier molecular flexibility index (Phi) is 5.08. The summed E-state index contributed by atoms with van der Waals surface area (Å²) in [5, 5.41) is 36.0. The van der Waals surface area contributed by atoms with E-state index in [0.29, 0.717) is 36.7 Å². The third-order valence-electron chi connectivity index (χ3n) is 4.91. The van der Waals surface area contributed by atoms with Gasteiger partial charge >= 0.3 is 5.97 Å². The van der Waals surface area contributed by atoms with Crippen LogP contribution in [0.4, 0.5) is 5.69 Å². The summed E-state index contributed by atoms with van der Waals surface area (Å²) in [5.41, 5.74) is 1.81. The number of H-pyrrole nitrogens is 1. The number of aromatic nitrogens is 2. The number of nitrogens with one attached hydrogen (secondary N) is 1. The highest BCUT2D eigenvalue weighted by Crippen LogP contribution is 2.40. The Labute approximate surface area is 170 Å². The van der Waals surface area contributed by atoms with Crippen LogP contribution in [0.5, 0.6) is 11.5 Å². The largest absolute Gasteiger partial charge is 0.507 e. The molecule has 0 radical (unpaired) electrons. The van der Waals surface area contributed by atoms with E-state index < -0.39 is 5.97 Å². The second-order valence-corrected chi connectivity index (χ2v) is 7.18. The molecule has 2 aromatic heterocycles. The number of benzene rings is 1. The molecule has 1 aliphatic heterocycles. The molecule has 152 valence electrons. The zero-order valence-electron chi connectivity index (χ0n) is 15.3. The van der Waals surface area contributed by atoms with Gasteiger partial charge in [0.2, 0.25) is 5.76 Å². The van der Waals surface area contributed by atoms with Crippen molar-refractivity contribution in [1.29, 1.82) is 0 Å². The Morgan fingerprint density at radius 2 is 1.93 bits per heavy atom. The number of piperazine rings is 1. The van der Waals surface area contributed by atoms with Gasteiger partial charge in [0.25, 0.3) is 0 Å². The number of furan rings is 1. The number of phenolic OH excluding ortho intramolecular Hbond substituents is 2. The third kappa shape index (κ3) is 3.87. The number of hydrogen-bond donors (Lipinski definition) is 4. The SMILES string of the molecule is O=C(O)c1ccc(CN2CCN(c3c[nH]nc3-c3cc(Cl)c(O)cc3O)CC2)o1. The number of nitrogens with zero attached hydrogens (tertiary/aromatic N) is 3. The molecular formula is C19H19ClN4O5. The third-order valence-corrected chi connectivity index (χ3v) is 5.21. The van der Waals surface area contributed by atoms with Crippen LogP contribution >= 0.6 is 11.6 Å². The quantitative estimate of drug-likeness (QED) is 0.498. The van der Waals surface area contributed by atoms with Gasteiger partial charge in [0, 0.05) is 44.0 Å². The highest BCUT2D eigenvalue weighted by Gasteiger charge is 2.24. The van der Waals surface area contributed by atoms with Crippen molar-refractivity contribution in [2.45, 2.75) is 6.54 Å². The van der Waals surface area contributed by atoms with E-state index in [9.17, 15) is 15.0 Å². The Hall–Kier alpha value is -3.17. The fourth-order valence-electron chi connectivity index (χ4n) is 3.41. The molecule has 9 nitrogen and oxygen atoms in total. The maximum atomic E-state index is 10.9. The second kappa shape index (κ2) is 7.69. The van der Waals surface area contributed by atoms with Crippen molar-refractivity contribution in [3.05, 3.63) is 47.0 Å². The average Bonchev–Trinajstić information content (AvgIpc) is 3.35. The molecule has 0 spiro atoms. The lowest BCUT2D eigenvalue weighted by Gasteiger charge is -2.35. The van der Waals surface area contributed by atoms with Crippen LogP contribution in [0.25, 0.3) is 11.3 Å². The van der Waals surface area contributed by atoms with Crippen molar-refractivity contribution in [2.24, 2.45) is 0 Å². The van der Waals surface area contributed by atoms with Gasteiger partial charge in [0.05, 0.1) is 17.3 Å². The van der Waals surface area contributed by atoms with Gasteiger partial charge in [0.15, 0.2) is 0 Å². The average molecular weight is 419 g/mol. The van der Waals surface area contributed by atoms with E-state index in [2.05, 4.69) is 20.0 Å². The van der Waals surface area contributed by atoms with Crippen molar-refractivity contribution in [3.8, 4) is 22.8 Å². The van der Waals surface area contributed by atoms with E-state index >= 15 is 0 Å². The molecule has 29 heavy (non-hydrogen) atoms. The summed E-state index contributed by atoms with van der Waals surface area (Å²) < 4.78 is 5.33. The van der Waals surface area contributed by atoms with Crippen molar-refractivity contribution in [1.82, 2.24) is 15.1 Å². The van der Waals surface area contributed by atoms with Crippen LogP contribution in [0.2, 0.25) is 5.02 Å². The Balaban J connectivity index is 1.45. The maximum Gasteiger partial charge on any atom is 0.371 e. The molecule has 1 aliphatic rings. The molecule has 4 N–H and O–H groups in total. The van der Waals surface area contributed by atoms with Gasteiger partial charge in [-0.05, 0) is 18.2 Å². The molecule has 0 atom stereocenters. The van der Waals surface area contributed by atoms with Gasteiger partial charge in [-0.2, -0.15) is 5.10 Å². The first-order chi connectivity index (χ1) is 13.9. The van der Waals surface area contributed by atoms with Gasteiger partial charge in [-0.1, -0.05) is 11.6 Å². The Morgan fingerprint density at radius 3 is 2.62 bits per heavy atom. The molecule has 0 saturated carbocycles. The number of aromatic carboxylic acids is 1. The van der Waals surface area contributed by atoms with E-state index in [4.69, 9.17) is 21.1 Å². The summed E-state index contributed by atoms with van der Waals surface area (Å²) in [4.78, 5) is 15.2. The summed E-state index contributed by atoms with van der Waals surface area (Å²) in [6.07, 6.45) is 1.76. The smallest absolute Gasteiger partial charge is 0.371 e. The first kappa shape index (κ1) is 19.2. The molecule has 4 rings (SSSR count). The molecule has 1 saturated heterocycles. The van der Waals surface area contributed by atoms with Crippen molar-refractivity contribution < 1.29 is 24.5 Å². The van der Waals surface area contributed by atoms with Crippen molar-refractivity contribution in [3.63, 3.8) is 0 Å². The summed E-state index contributed by atoms with van der Waals surface area (Å²) in [6, 6.07) is 5.82. The van der Waals surface area contributed by atoms with Gasteiger partial charge in [0.1, 0.15) is 23.0 Å². The lowest BCUT2D eigenvalue weighted by Crippen LogP contribution is -2.46. The highest BCUT2D eigenvalue weighted by molar-refractivity contribution is 6.32. The first-order valence-corrected chi connectivity index (χ1v) is 9.35. The van der Waals surface area contributed by atoms with E-state index in [1.165, 1.54) is 18.2 Å². The summed E-state index contributed by atoms with van der Waals surface area (Å²) >= 11 is 5.99. The summed E-state index contributed by atoms with van der Waals surface area (Å²) in [6.45, 7) is 3.46. The number of rotatable bonds is 5. The molecule has 3 heterocycles. The van der Waals surface area contributed by atoms with Crippen molar-refractivity contribution >= 4 is 23.3 Å². The van der Waals surface area contributed by atoms with Crippen LogP contribution < -0.4 is 4.90 Å². The lowest BCUT2D eigenvalue weighted by atomic mass is 10.1. The zero-order valence-corrected chi connectivity index (χ0v) is 16.1. The number of carbonyl (C=O) groups is 1. The topological polar surface area (TPSA) is 126 Å². The van der Waals surface area contributed by atoms with E-state index in [-0.39, 0.29) is 22.3 Å². The minimum atomic E-state index is -1.08. The molecule has 0 aliphatic carbocycles. The lowest BCUT2D eigenvalue weighted by molar-refractivity contribution is 0.0658. The van der Waals surface area contributed by atoms with Crippen LogP contribution in [0.3, 0.4) is 0 Å². The number of carboxylic acids is 1. The Morgan fingerprint density at radius 1 is 1.17 bits per heavy atom. The van der Waals surface area contributed by atoms with Crippen LogP contribution in [-0.4, -0.2) is 62.6 Å². The number of anilines is 1. The van der Waals surface area contributed by atoms with Crippen LogP contribution in [0.15, 0.2) is 34.9 Å². The van der Waals surface area contributed by atoms with Crippen LogP contribution in [0, 0.1) is 0 Å². The minimum Gasteiger partial charge on any atom is -0.507 e. The molecule has 0 bridgehead atoms. The molecule has 3 aromatic rings. The Bertz CT molecular complexity index is 1040. The fourth-order valence-corrected chi connectivity index (χ4v) is 3.57. The number of phenols is 2. The van der Waals surface area contributed by atoms with Crippen molar-refractivity contribution in [2.75, 3.05) is 31.1 Å². The van der Waals surface area contributed by atoms with E-state index in [0.717, 1.165) is 18.8 Å².